The minimum absolute atomic E-state index is 0.0614. The Balaban J connectivity index is 1.36. The molecule has 0 aliphatic heterocycles. The zero-order valence-electron chi connectivity index (χ0n) is 20.7. The van der Waals surface area contributed by atoms with Crippen LogP contribution >= 0.6 is 0 Å². The summed E-state index contributed by atoms with van der Waals surface area (Å²) in [6.45, 7) is 1.61. The van der Waals surface area contributed by atoms with Crippen molar-refractivity contribution in [2.24, 2.45) is 0 Å². The van der Waals surface area contributed by atoms with Gasteiger partial charge in [0, 0.05) is 6.07 Å². The number of carbonyl (C=O) groups is 1. The van der Waals surface area contributed by atoms with Crippen LogP contribution in [0.4, 0.5) is 13.2 Å². The molecule has 38 heavy (non-hydrogen) atoms. The third kappa shape index (κ3) is 6.05. The van der Waals surface area contributed by atoms with Crippen molar-refractivity contribution in [1.29, 1.82) is 0 Å². The molecule has 1 atom stereocenters. The third-order valence-electron chi connectivity index (χ3n) is 5.38. The Morgan fingerprint density at radius 3 is 2.58 bits per heavy atom. The lowest BCUT2D eigenvalue weighted by molar-refractivity contribution is -0.137. The molecule has 1 amide bonds. The number of benzene rings is 2. The molecule has 2 aromatic heterocycles. The van der Waals surface area contributed by atoms with Crippen LogP contribution in [0, 0.1) is 0 Å². The molecule has 200 valence electrons. The lowest BCUT2D eigenvalue weighted by atomic mass is 10.2. The summed E-state index contributed by atoms with van der Waals surface area (Å²) in [5.41, 5.74) is 0.235. The van der Waals surface area contributed by atoms with Gasteiger partial charge >= 0.3 is 6.18 Å². The number of nitrogens with zero attached hydrogens (tertiary/aromatic N) is 4. The number of halogens is 3. The Morgan fingerprint density at radius 2 is 1.84 bits per heavy atom. The SMILES string of the molecule is COc1ccc(OC)c(-c2nnc3ccc(OCCNC(=O)C(C)Oc4cccc(C(F)(F)F)c4)nn23)c1. The Bertz CT molecular complexity index is 1430. The van der Waals surface area contributed by atoms with E-state index in [2.05, 4.69) is 20.6 Å². The van der Waals surface area contributed by atoms with Crippen molar-refractivity contribution in [1.82, 2.24) is 25.1 Å². The van der Waals surface area contributed by atoms with Crippen molar-refractivity contribution in [2.45, 2.75) is 19.2 Å². The van der Waals surface area contributed by atoms with Gasteiger partial charge in [-0.05, 0) is 49.4 Å². The van der Waals surface area contributed by atoms with Crippen LogP contribution in [-0.4, -0.2) is 59.2 Å². The highest BCUT2D eigenvalue weighted by molar-refractivity contribution is 5.80. The van der Waals surface area contributed by atoms with Crippen molar-refractivity contribution in [3.8, 4) is 34.5 Å². The van der Waals surface area contributed by atoms with Crippen molar-refractivity contribution in [2.75, 3.05) is 27.4 Å². The molecule has 0 saturated heterocycles. The molecule has 0 fully saturated rings. The molecule has 13 heteroatoms. The predicted molar refractivity (Wildman–Crippen MR) is 129 cm³/mol. The van der Waals surface area contributed by atoms with Gasteiger partial charge in [0.25, 0.3) is 5.91 Å². The van der Waals surface area contributed by atoms with E-state index in [1.54, 1.807) is 37.4 Å². The number of nitrogens with one attached hydrogen (secondary N) is 1. The minimum Gasteiger partial charge on any atom is -0.497 e. The number of carbonyl (C=O) groups excluding carboxylic acids is 1. The maximum Gasteiger partial charge on any atom is 0.416 e. The second kappa shape index (κ2) is 11.2. The average Bonchev–Trinajstić information content (AvgIpc) is 3.33. The standard InChI is InChI=1S/C25H24F3N5O5/c1-15(38-18-6-4-5-16(13-18)25(26,27)28)24(34)29-11-12-37-22-10-9-21-30-31-23(33(21)32-22)19-14-17(35-2)7-8-20(19)36-3/h4-10,13-15H,11-12H2,1-3H3,(H,29,34). The smallest absolute Gasteiger partial charge is 0.416 e. The molecule has 0 aliphatic carbocycles. The summed E-state index contributed by atoms with van der Waals surface area (Å²) in [5, 5.41) is 15.4. The van der Waals surface area contributed by atoms with E-state index in [0.29, 0.717) is 28.5 Å². The summed E-state index contributed by atoms with van der Waals surface area (Å²) in [6.07, 6.45) is -5.53. The molecule has 4 aromatic rings. The largest absolute Gasteiger partial charge is 0.497 e. The fourth-order valence-corrected chi connectivity index (χ4v) is 3.48. The van der Waals surface area contributed by atoms with Crippen LogP contribution in [0.3, 0.4) is 0 Å². The van der Waals surface area contributed by atoms with Crippen molar-refractivity contribution >= 4 is 11.6 Å². The van der Waals surface area contributed by atoms with E-state index in [-0.39, 0.29) is 24.8 Å². The average molecular weight is 531 g/mol. The van der Waals surface area contributed by atoms with Crippen molar-refractivity contribution in [3.05, 3.63) is 60.2 Å². The number of hydrogen-bond acceptors (Lipinski definition) is 8. The van der Waals surface area contributed by atoms with E-state index >= 15 is 0 Å². The van der Waals surface area contributed by atoms with Gasteiger partial charge in [-0.15, -0.1) is 15.3 Å². The van der Waals surface area contributed by atoms with Crippen LogP contribution in [0.1, 0.15) is 12.5 Å². The fourth-order valence-electron chi connectivity index (χ4n) is 3.48. The van der Waals surface area contributed by atoms with E-state index in [9.17, 15) is 18.0 Å². The molecular formula is C25H24F3N5O5. The number of alkyl halides is 3. The second-order valence-corrected chi connectivity index (χ2v) is 7.96. The number of hydrogen-bond donors (Lipinski definition) is 1. The Morgan fingerprint density at radius 1 is 1.03 bits per heavy atom. The summed E-state index contributed by atoms with van der Waals surface area (Å²) in [4.78, 5) is 12.3. The van der Waals surface area contributed by atoms with Crippen LogP contribution in [0.25, 0.3) is 17.0 Å². The normalized spacial score (nSPS) is 12.2. The molecule has 10 nitrogen and oxygen atoms in total. The van der Waals surface area contributed by atoms with Crippen LogP contribution in [-0.2, 0) is 11.0 Å². The maximum atomic E-state index is 12.9. The van der Waals surface area contributed by atoms with Crippen molar-refractivity contribution in [3.63, 3.8) is 0 Å². The number of ether oxygens (including phenoxy) is 4. The van der Waals surface area contributed by atoms with E-state index in [1.165, 1.54) is 30.7 Å². The zero-order chi connectivity index (χ0) is 27.3. The first kappa shape index (κ1) is 26.5. The lowest BCUT2D eigenvalue weighted by Crippen LogP contribution is -2.38. The number of aromatic nitrogens is 4. The lowest BCUT2D eigenvalue weighted by Gasteiger charge is -2.16. The van der Waals surface area contributed by atoms with Gasteiger partial charge in [-0.3, -0.25) is 4.79 Å². The fraction of sp³-hybridized carbons (Fsp3) is 0.280. The van der Waals surface area contributed by atoms with Crippen molar-refractivity contribution < 1.29 is 36.9 Å². The summed E-state index contributed by atoms with van der Waals surface area (Å²) < 4.78 is 61.9. The Hall–Kier alpha value is -4.55. The first-order chi connectivity index (χ1) is 18.2. The molecule has 0 bridgehead atoms. The summed E-state index contributed by atoms with van der Waals surface area (Å²) >= 11 is 0. The molecule has 1 unspecified atom stereocenters. The molecular weight excluding hydrogens is 507 g/mol. The number of rotatable bonds is 10. The third-order valence-corrected chi connectivity index (χ3v) is 5.38. The highest BCUT2D eigenvalue weighted by Gasteiger charge is 2.31. The maximum absolute atomic E-state index is 12.9. The zero-order valence-corrected chi connectivity index (χ0v) is 20.7. The second-order valence-electron chi connectivity index (χ2n) is 7.96. The van der Waals surface area contributed by atoms with Gasteiger partial charge in [-0.2, -0.15) is 17.7 Å². The van der Waals surface area contributed by atoms with Gasteiger partial charge in [-0.1, -0.05) is 6.07 Å². The molecule has 0 radical (unpaired) electrons. The van der Waals surface area contributed by atoms with Crippen LogP contribution in [0.2, 0.25) is 0 Å². The predicted octanol–water partition coefficient (Wildman–Crippen LogP) is 3.79. The molecule has 2 aromatic carbocycles. The first-order valence-electron chi connectivity index (χ1n) is 11.4. The van der Waals surface area contributed by atoms with E-state index < -0.39 is 23.8 Å². The van der Waals surface area contributed by atoms with Gasteiger partial charge in [0.15, 0.2) is 17.6 Å². The minimum atomic E-state index is -4.51. The number of methoxy groups -OCH3 is 2. The Kier molecular flexibility index (Phi) is 7.84. The number of fused-ring (bicyclic) bond motifs is 1. The van der Waals surface area contributed by atoms with E-state index in [4.69, 9.17) is 18.9 Å². The molecule has 1 N–H and O–H groups in total. The molecule has 0 saturated carbocycles. The summed E-state index contributed by atoms with van der Waals surface area (Å²) in [7, 11) is 3.09. The first-order valence-corrected chi connectivity index (χ1v) is 11.4. The quantitative estimate of drug-likeness (QED) is 0.308. The van der Waals surface area contributed by atoms with Gasteiger partial charge in [-0.25, -0.2) is 0 Å². The summed E-state index contributed by atoms with van der Waals surface area (Å²) in [5.74, 6) is 1.25. The van der Waals surface area contributed by atoms with Crippen LogP contribution < -0.4 is 24.3 Å². The monoisotopic (exact) mass is 531 g/mol. The van der Waals surface area contributed by atoms with Crippen LogP contribution in [0.15, 0.2) is 54.6 Å². The molecule has 0 aliphatic rings. The molecule has 2 heterocycles. The topological polar surface area (TPSA) is 109 Å². The van der Waals surface area contributed by atoms with E-state index in [0.717, 1.165) is 12.1 Å². The molecule has 0 spiro atoms. The van der Waals surface area contributed by atoms with Gasteiger partial charge in [0.2, 0.25) is 5.88 Å². The Labute approximate surface area is 215 Å². The van der Waals surface area contributed by atoms with Gasteiger partial charge in [0.05, 0.1) is 31.9 Å². The van der Waals surface area contributed by atoms with Gasteiger partial charge in [0.1, 0.15) is 23.9 Å². The van der Waals surface area contributed by atoms with Crippen LogP contribution in [0.5, 0.6) is 23.1 Å². The molecule has 4 rings (SSSR count). The summed E-state index contributed by atoms with van der Waals surface area (Å²) in [6, 6.07) is 12.9. The highest BCUT2D eigenvalue weighted by atomic mass is 19.4. The van der Waals surface area contributed by atoms with Gasteiger partial charge < -0.3 is 24.3 Å². The number of amides is 1. The van der Waals surface area contributed by atoms with E-state index in [1.807, 2.05) is 0 Å². The highest BCUT2D eigenvalue weighted by Crippen LogP contribution is 2.33.